The number of carbonyl (C=O) groups excluding carboxylic acids is 1. The van der Waals surface area contributed by atoms with Gasteiger partial charge in [-0.2, -0.15) is 0 Å². The predicted octanol–water partition coefficient (Wildman–Crippen LogP) is 4.07. The number of rotatable bonds is 2. The molecule has 2 heterocycles. The molecule has 0 atom stereocenters. The first-order valence-corrected chi connectivity index (χ1v) is 8.06. The van der Waals surface area contributed by atoms with Gasteiger partial charge in [-0.15, -0.1) is 23.1 Å². The summed E-state index contributed by atoms with van der Waals surface area (Å²) in [5.74, 6) is 0.349. The molecule has 1 aliphatic rings. The van der Waals surface area contributed by atoms with Crippen molar-refractivity contribution in [1.82, 2.24) is 4.90 Å². The normalized spacial score (nSPS) is 16.9. The van der Waals surface area contributed by atoms with E-state index in [1.165, 1.54) is 12.1 Å². The minimum Gasteiger partial charge on any atom is -0.302 e. The highest BCUT2D eigenvalue weighted by molar-refractivity contribution is 8.03. The number of nitrogens with zero attached hydrogens (tertiary/aromatic N) is 1. The summed E-state index contributed by atoms with van der Waals surface area (Å²) in [6.07, 6.45) is 2.01. The zero-order chi connectivity index (χ0) is 13.9. The Bertz CT molecular complexity index is 652. The summed E-state index contributed by atoms with van der Waals surface area (Å²) in [7, 11) is 0. The van der Waals surface area contributed by atoms with Gasteiger partial charge in [0, 0.05) is 22.7 Å². The van der Waals surface area contributed by atoms with E-state index in [0.717, 1.165) is 15.7 Å². The third kappa shape index (κ3) is 2.78. The SMILES string of the molecule is O=C(c1cccc(F)c1)N1CCS/C1=C/c1cccs1. The Kier molecular flexibility index (Phi) is 3.89. The van der Waals surface area contributed by atoms with Crippen LogP contribution in [0.15, 0.2) is 46.8 Å². The summed E-state index contributed by atoms with van der Waals surface area (Å²) in [5.41, 5.74) is 0.393. The van der Waals surface area contributed by atoms with Crippen LogP contribution in [0, 0.1) is 5.82 Å². The second-order valence-corrected chi connectivity index (χ2v) is 6.41. The highest BCUT2D eigenvalue weighted by atomic mass is 32.2. The molecule has 102 valence electrons. The Morgan fingerprint density at radius 1 is 1.30 bits per heavy atom. The zero-order valence-electron chi connectivity index (χ0n) is 10.6. The van der Waals surface area contributed by atoms with E-state index in [4.69, 9.17) is 0 Å². The number of hydrogen-bond donors (Lipinski definition) is 0. The Hall–Kier alpha value is -1.59. The van der Waals surface area contributed by atoms with Crippen LogP contribution in [0.1, 0.15) is 15.2 Å². The molecule has 0 aliphatic carbocycles. The largest absolute Gasteiger partial charge is 0.302 e. The smallest absolute Gasteiger partial charge is 0.258 e. The molecule has 1 saturated heterocycles. The van der Waals surface area contributed by atoms with Crippen LogP contribution in [-0.4, -0.2) is 23.1 Å². The molecule has 0 spiro atoms. The van der Waals surface area contributed by atoms with Gasteiger partial charge in [0.1, 0.15) is 5.82 Å². The molecule has 1 aromatic heterocycles. The highest BCUT2D eigenvalue weighted by Gasteiger charge is 2.25. The highest BCUT2D eigenvalue weighted by Crippen LogP contribution is 2.32. The molecule has 0 N–H and O–H groups in total. The zero-order valence-corrected chi connectivity index (χ0v) is 12.2. The molecule has 1 fully saturated rings. The van der Waals surface area contributed by atoms with Gasteiger partial charge >= 0.3 is 0 Å². The van der Waals surface area contributed by atoms with Gasteiger partial charge < -0.3 is 4.90 Å². The van der Waals surface area contributed by atoms with Crippen molar-refractivity contribution in [3.63, 3.8) is 0 Å². The number of halogens is 1. The maximum atomic E-state index is 13.2. The first-order valence-electron chi connectivity index (χ1n) is 6.19. The van der Waals surface area contributed by atoms with Crippen molar-refractivity contribution in [1.29, 1.82) is 0 Å². The Morgan fingerprint density at radius 3 is 2.95 bits per heavy atom. The number of amides is 1. The van der Waals surface area contributed by atoms with Crippen molar-refractivity contribution in [3.05, 3.63) is 63.1 Å². The quantitative estimate of drug-likeness (QED) is 0.833. The molecule has 1 aliphatic heterocycles. The van der Waals surface area contributed by atoms with Crippen LogP contribution >= 0.6 is 23.1 Å². The van der Waals surface area contributed by atoms with Crippen molar-refractivity contribution in [2.24, 2.45) is 0 Å². The third-order valence-corrected chi connectivity index (χ3v) is 4.80. The Balaban J connectivity index is 1.87. The fourth-order valence-corrected chi connectivity index (χ4v) is 3.77. The van der Waals surface area contributed by atoms with Gasteiger partial charge in [0.25, 0.3) is 5.91 Å². The van der Waals surface area contributed by atoms with Crippen LogP contribution in [-0.2, 0) is 0 Å². The van der Waals surface area contributed by atoms with Crippen molar-refractivity contribution >= 4 is 35.1 Å². The minimum absolute atomic E-state index is 0.141. The predicted molar refractivity (Wildman–Crippen MR) is 82.2 cm³/mol. The average molecular weight is 305 g/mol. The number of thiophene rings is 1. The molecule has 2 nitrogen and oxygen atoms in total. The van der Waals surface area contributed by atoms with Crippen molar-refractivity contribution in [2.75, 3.05) is 12.3 Å². The van der Waals surface area contributed by atoms with Crippen LogP contribution in [0.3, 0.4) is 0 Å². The summed E-state index contributed by atoms with van der Waals surface area (Å²) in [4.78, 5) is 15.3. The van der Waals surface area contributed by atoms with Crippen LogP contribution < -0.4 is 0 Å². The van der Waals surface area contributed by atoms with Gasteiger partial charge in [0.15, 0.2) is 0 Å². The topological polar surface area (TPSA) is 20.3 Å². The van der Waals surface area contributed by atoms with E-state index in [0.29, 0.717) is 12.1 Å². The standard InChI is InChI=1S/C15H12FNOS2/c16-12-4-1-3-11(9-12)15(18)17-6-8-20-14(17)10-13-5-2-7-19-13/h1-5,7,9-10H,6,8H2/b14-10+. The molecule has 0 bridgehead atoms. The molecule has 20 heavy (non-hydrogen) atoms. The van der Waals surface area contributed by atoms with E-state index in [9.17, 15) is 9.18 Å². The molecule has 1 aromatic carbocycles. The third-order valence-electron chi connectivity index (χ3n) is 2.96. The van der Waals surface area contributed by atoms with Crippen molar-refractivity contribution < 1.29 is 9.18 Å². The van der Waals surface area contributed by atoms with Crippen LogP contribution in [0.25, 0.3) is 6.08 Å². The second kappa shape index (κ2) is 5.81. The lowest BCUT2D eigenvalue weighted by Crippen LogP contribution is -2.26. The molecule has 3 rings (SSSR count). The van der Waals surface area contributed by atoms with Gasteiger partial charge in [-0.1, -0.05) is 12.1 Å². The first-order chi connectivity index (χ1) is 9.74. The summed E-state index contributed by atoms with van der Waals surface area (Å²) < 4.78 is 13.2. The summed E-state index contributed by atoms with van der Waals surface area (Å²) in [6, 6.07) is 9.84. The lowest BCUT2D eigenvalue weighted by atomic mass is 10.2. The van der Waals surface area contributed by atoms with E-state index >= 15 is 0 Å². The van der Waals surface area contributed by atoms with Crippen molar-refractivity contribution in [2.45, 2.75) is 0 Å². The van der Waals surface area contributed by atoms with Crippen molar-refractivity contribution in [3.8, 4) is 0 Å². The Morgan fingerprint density at radius 2 is 2.20 bits per heavy atom. The first kappa shape index (κ1) is 13.4. The monoisotopic (exact) mass is 305 g/mol. The molecule has 5 heteroatoms. The molecule has 0 radical (unpaired) electrons. The molecular weight excluding hydrogens is 293 g/mol. The molecule has 0 saturated carbocycles. The molecule has 1 amide bonds. The Labute approximate surface area is 124 Å². The van der Waals surface area contributed by atoms with Gasteiger partial charge in [0.05, 0.1) is 5.03 Å². The number of hydrogen-bond acceptors (Lipinski definition) is 3. The fourth-order valence-electron chi connectivity index (χ4n) is 2.02. The maximum Gasteiger partial charge on any atom is 0.258 e. The van der Waals surface area contributed by atoms with Gasteiger partial charge in [-0.25, -0.2) is 4.39 Å². The van der Waals surface area contributed by atoms with Crippen LogP contribution in [0.4, 0.5) is 4.39 Å². The minimum atomic E-state index is -0.383. The van der Waals surface area contributed by atoms with Gasteiger partial charge in [-0.3, -0.25) is 4.79 Å². The van der Waals surface area contributed by atoms with Gasteiger partial charge in [-0.05, 0) is 35.7 Å². The number of thioether (sulfide) groups is 1. The van der Waals surface area contributed by atoms with E-state index in [1.54, 1.807) is 40.1 Å². The second-order valence-electron chi connectivity index (χ2n) is 4.31. The molecular formula is C15H12FNOS2. The molecule has 0 unspecified atom stereocenters. The van der Waals surface area contributed by atoms with E-state index in [-0.39, 0.29) is 11.7 Å². The lowest BCUT2D eigenvalue weighted by Gasteiger charge is -2.16. The summed E-state index contributed by atoms with van der Waals surface area (Å²) in [5, 5.41) is 2.94. The molecule has 2 aromatic rings. The van der Waals surface area contributed by atoms with E-state index in [2.05, 4.69) is 0 Å². The number of benzene rings is 1. The van der Waals surface area contributed by atoms with E-state index < -0.39 is 0 Å². The summed E-state index contributed by atoms with van der Waals surface area (Å²) in [6.45, 7) is 0.664. The van der Waals surface area contributed by atoms with Crippen LogP contribution in [0.2, 0.25) is 0 Å². The van der Waals surface area contributed by atoms with Crippen LogP contribution in [0.5, 0.6) is 0 Å². The fraction of sp³-hybridized carbons (Fsp3) is 0.133. The lowest BCUT2D eigenvalue weighted by molar-refractivity contribution is 0.0830. The maximum absolute atomic E-state index is 13.2. The average Bonchev–Trinajstić information content (AvgIpc) is 3.10. The summed E-state index contributed by atoms with van der Waals surface area (Å²) >= 11 is 3.29. The van der Waals surface area contributed by atoms with E-state index in [1.807, 2.05) is 23.6 Å². The van der Waals surface area contributed by atoms with Gasteiger partial charge in [0.2, 0.25) is 0 Å². The number of carbonyl (C=O) groups is 1.